The molecule has 0 spiro atoms. The molecule has 30 heavy (non-hydrogen) atoms. The lowest BCUT2D eigenvalue weighted by Crippen LogP contribution is -2.42. The van der Waals surface area contributed by atoms with Crippen LogP contribution in [-0.2, 0) is 10.9 Å². The van der Waals surface area contributed by atoms with Crippen molar-refractivity contribution in [2.24, 2.45) is 0 Å². The molecule has 0 aromatic heterocycles. The minimum absolute atomic E-state index is 0.181. The number of hydrogen-bond donors (Lipinski definition) is 1. The van der Waals surface area contributed by atoms with Crippen molar-refractivity contribution in [3.63, 3.8) is 0 Å². The fourth-order valence-electron chi connectivity index (χ4n) is 3.52. The van der Waals surface area contributed by atoms with E-state index in [9.17, 15) is 18.0 Å². The van der Waals surface area contributed by atoms with E-state index in [-0.39, 0.29) is 12.0 Å². The molecule has 1 amide bonds. The van der Waals surface area contributed by atoms with Crippen LogP contribution in [-0.4, -0.2) is 29.7 Å². The van der Waals surface area contributed by atoms with Gasteiger partial charge in [-0.05, 0) is 75.6 Å². The summed E-state index contributed by atoms with van der Waals surface area (Å²) in [5, 5.41) is 3.15. The molecule has 1 aliphatic heterocycles. The standard InChI is InChI=1S/C23H27F3N2O2/c1-22(2,3)30-21(29)28-13-5-7-17(15-28)16-6-4-8-20(14-16)27-19-11-9-18(10-12-19)23(24,25)26/h4,6,8-12,14,17,27H,5,7,13,15H2,1-3H3/t17-/m0/s1. The number of likely N-dealkylation sites (tertiary alicyclic amines) is 1. The van der Waals surface area contributed by atoms with E-state index < -0.39 is 17.3 Å². The number of piperidine rings is 1. The molecule has 0 radical (unpaired) electrons. The number of hydrogen-bond acceptors (Lipinski definition) is 3. The monoisotopic (exact) mass is 420 g/mol. The first-order valence-corrected chi connectivity index (χ1v) is 10.0. The number of alkyl halides is 3. The Labute approximate surface area is 175 Å². The number of anilines is 2. The lowest BCUT2D eigenvalue weighted by Gasteiger charge is -2.34. The van der Waals surface area contributed by atoms with Gasteiger partial charge in [0.2, 0.25) is 0 Å². The van der Waals surface area contributed by atoms with Crippen LogP contribution in [0.2, 0.25) is 0 Å². The maximum atomic E-state index is 12.7. The van der Waals surface area contributed by atoms with Gasteiger partial charge in [0.15, 0.2) is 0 Å². The number of nitrogens with zero attached hydrogens (tertiary/aromatic N) is 1. The molecule has 1 saturated heterocycles. The summed E-state index contributed by atoms with van der Waals surface area (Å²) in [6.07, 6.45) is -2.80. The second-order valence-corrected chi connectivity index (χ2v) is 8.59. The van der Waals surface area contributed by atoms with Crippen molar-refractivity contribution in [2.75, 3.05) is 18.4 Å². The molecular formula is C23H27F3N2O2. The Balaban J connectivity index is 1.68. The van der Waals surface area contributed by atoms with E-state index >= 15 is 0 Å². The average molecular weight is 420 g/mol. The fraction of sp³-hybridized carbons (Fsp3) is 0.435. The minimum Gasteiger partial charge on any atom is -0.444 e. The van der Waals surface area contributed by atoms with Gasteiger partial charge >= 0.3 is 12.3 Å². The van der Waals surface area contributed by atoms with Gasteiger partial charge in [-0.15, -0.1) is 0 Å². The highest BCUT2D eigenvalue weighted by Gasteiger charge is 2.30. The van der Waals surface area contributed by atoms with E-state index in [2.05, 4.69) is 5.32 Å². The van der Waals surface area contributed by atoms with Gasteiger partial charge in [-0.3, -0.25) is 0 Å². The van der Waals surface area contributed by atoms with Crippen molar-refractivity contribution < 1.29 is 22.7 Å². The van der Waals surface area contributed by atoms with E-state index in [1.807, 2.05) is 45.0 Å². The summed E-state index contributed by atoms with van der Waals surface area (Å²) < 4.78 is 43.7. The second-order valence-electron chi connectivity index (χ2n) is 8.59. The van der Waals surface area contributed by atoms with Crippen LogP contribution in [0.4, 0.5) is 29.3 Å². The molecule has 1 fully saturated rings. The predicted octanol–water partition coefficient (Wildman–Crippen LogP) is 6.56. The lowest BCUT2D eigenvalue weighted by atomic mass is 9.90. The normalized spacial score (nSPS) is 17.5. The number of amides is 1. The molecule has 0 aliphatic carbocycles. The van der Waals surface area contributed by atoms with Gasteiger partial charge < -0.3 is 15.0 Å². The lowest BCUT2D eigenvalue weighted by molar-refractivity contribution is -0.137. The summed E-state index contributed by atoms with van der Waals surface area (Å²) in [5.41, 5.74) is 1.25. The molecule has 4 nitrogen and oxygen atoms in total. The number of rotatable bonds is 3. The maximum Gasteiger partial charge on any atom is 0.416 e. The molecule has 1 atom stereocenters. The number of benzene rings is 2. The van der Waals surface area contributed by atoms with E-state index in [0.717, 1.165) is 36.2 Å². The predicted molar refractivity (Wildman–Crippen MR) is 111 cm³/mol. The van der Waals surface area contributed by atoms with Gasteiger partial charge in [0.1, 0.15) is 5.60 Å². The summed E-state index contributed by atoms with van der Waals surface area (Å²) in [6.45, 7) is 6.81. The zero-order valence-electron chi connectivity index (χ0n) is 17.4. The van der Waals surface area contributed by atoms with Gasteiger partial charge in [-0.25, -0.2) is 4.79 Å². The van der Waals surface area contributed by atoms with Crippen molar-refractivity contribution in [3.05, 3.63) is 59.7 Å². The highest BCUT2D eigenvalue weighted by Crippen LogP contribution is 2.32. The Morgan fingerprint density at radius 3 is 2.40 bits per heavy atom. The Bertz CT molecular complexity index is 873. The minimum atomic E-state index is -4.35. The topological polar surface area (TPSA) is 41.6 Å². The zero-order valence-corrected chi connectivity index (χ0v) is 17.4. The van der Waals surface area contributed by atoms with Crippen LogP contribution in [0.1, 0.15) is 50.7 Å². The number of carbonyl (C=O) groups excluding carboxylic acids is 1. The molecule has 3 rings (SSSR count). The molecule has 7 heteroatoms. The van der Waals surface area contributed by atoms with Crippen molar-refractivity contribution >= 4 is 17.5 Å². The van der Waals surface area contributed by atoms with Crippen LogP contribution in [0.5, 0.6) is 0 Å². The Morgan fingerprint density at radius 1 is 1.07 bits per heavy atom. The van der Waals surface area contributed by atoms with E-state index in [0.29, 0.717) is 18.8 Å². The molecule has 2 aromatic rings. The van der Waals surface area contributed by atoms with Crippen LogP contribution in [0.25, 0.3) is 0 Å². The quantitative estimate of drug-likeness (QED) is 0.611. The molecule has 2 aromatic carbocycles. The van der Waals surface area contributed by atoms with E-state index in [4.69, 9.17) is 4.74 Å². The highest BCUT2D eigenvalue weighted by molar-refractivity contribution is 5.68. The van der Waals surface area contributed by atoms with Crippen molar-refractivity contribution in [1.29, 1.82) is 0 Å². The van der Waals surface area contributed by atoms with Crippen molar-refractivity contribution in [2.45, 2.75) is 51.3 Å². The molecule has 1 N–H and O–H groups in total. The molecule has 162 valence electrons. The SMILES string of the molecule is CC(C)(C)OC(=O)N1CCC[C@H](c2cccc(Nc3ccc(C(F)(F)F)cc3)c2)C1. The maximum absolute atomic E-state index is 12.7. The molecule has 0 saturated carbocycles. The van der Waals surface area contributed by atoms with Crippen LogP contribution in [0.3, 0.4) is 0 Å². The third-order valence-electron chi connectivity index (χ3n) is 4.93. The smallest absolute Gasteiger partial charge is 0.416 e. The first kappa shape index (κ1) is 22.0. The van der Waals surface area contributed by atoms with Crippen LogP contribution in [0.15, 0.2) is 48.5 Å². The molecule has 0 unspecified atom stereocenters. The van der Waals surface area contributed by atoms with Crippen molar-refractivity contribution in [1.82, 2.24) is 4.90 Å². The van der Waals surface area contributed by atoms with Crippen molar-refractivity contribution in [3.8, 4) is 0 Å². The third-order valence-corrected chi connectivity index (χ3v) is 4.93. The number of ether oxygens (including phenoxy) is 1. The molecule has 1 aliphatic rings. The third kappa shape index (κ3) is 5.90. The largest absolute Gasteiger partial charge is 0.444 e. The number of halogens is 3. The molecule has 1 heterocycles. The highest BCUT2D eigenvalue weighted by atomic mass is 19.4. The van der Waals surface area contributed by atoms with Crippen LogP contribution >= 0.6 is 0 Å². The van der Waals surface area contributed by atoms with E-state index in [1.54, 1.807) is 4.90 Å². The second kappa shape index (κ2) is 8.58. The average Bonchev–Trinajstić information content (AvgIpc) is 2.67. The first-order valence-electron chi connectivity index (χ1n) is 10.0. The fourth-order valence-corrected chi connectivity index (χ4v) is 3.52. The Hall–Kier alpha value is -2.70. The van der Waals surface area contributed by atoms with Gasteiger partial charge in [-0.1, -0.05) is 12.1 Å². The van der Waals surface area contributed by atoms with Gasteiger partial charge in [0.05, 0.1) is 5.56 Å². The summed E-state index contributed by atoms with van der Waals surface area (Å²) in [7, 11) is 0. The van der Waals surface area contributed by atoms with Gasteiger partial charge in [0, 0.05) is 30.4 Å². The summed E-state index contributed by atoms with van der Waals surface area (Å²) in [4.78, 5) is 14.2. The molecule has 0 bridgehead atoms. The summed E-state index contributed by atoms with van der Waals surface area (Å²) in [6, 6.07) is 12.7. The Morgan fingerprint density at radius 2 is 1.77 bits per heavy atom. The Kier molecular flexibility index (Phi) is 6.29. The van der Waals surface area contributed by atoms with Gasteiger partial charge in [-0.2, -0.15) is 13.2 Å². The van der Waals surface area contributed by atoms with Gasteiger partial charge in [0.25, 0.3) is 0 Å². The zero-order chi connectivity index (χ0) is 21.9. The first-order chi connectivity index (χ1) is 14.0. The molecular weight excluding hydrogens is 393 g/mol. The number of carbonyl (C=O) groups is 1. The van der Waals surface area contributed by atoms with Crippen LogP contribution < -0.4 is 5.32 Å². The summed E-state index contributed by atoms with van der Waals surface area (Å²) >= 11 is 0. The number of nitrogens with one attached hydrogen (secondary N) is 1. The van der Waals surface area contributed by atoms with E-state index in [1.165, 1.54) is 12.1 Å². The van der Waals surface area contributed by atoms with Crippen LogP contribution in [0, 0.1) is 0 Å². The summed E-state index contributed by atoms with van der Waals surface area (Å²) in [5.74, 6) is 0.181.